The summed E-state index contributed by atoms with van der Waals surface area (Å²) in [6, 6.07) is 6.40. The van der Waals surface area contributed by atoms with Crippen LogP contribution in [0.5, 0.6) is 5.75 Å². The van der Waals surface area contributed by atoms with Gasteiger partial charge < -0.3 is 15.0 Å². The van der Waals surface area contributed by atoms with Gasteiger partial charge in [-0.3, -0.25) is 0 Å². The summed E-state index contributed by atoms with van der Waals surface area (Å²) in [6.45, 7) is 0. The standard InChI is InChI=1S/C13H18N2O4S/c1-15(11-7-8-20(17,18)9-11)13(16)14-10-3-5-12(19-2)6-4-10/h3-6,11H,7-9H2,1-2H3,(H,14,16). The van der Waals surface area contributed by atoms with Crippen LogP contribution in [0, 0.1) is 0 Å². The molecule has 1 saturated heterocycles. The summed E-state index contributed by atoms with van der Waals surface area (Å²) in [5, 5.41) is 2.73. The van der Waals surface area contributed by atoms with Gasteiger partial charge in [-0.1, -0.05) is 0 Å². The SMILES string of the molecule is COc1ccc(NC(=O)N(C)C2CCS(=O)(=O)C2)cc1. The molecule has 1 aromatic carbocycles. The number of ether oxygens (including phenoxy) is 1. The zero-order valence-corrected chi connectivity index (χ0v) is 12.3. The first-order valence-corrected chi connectivity index (χ1v) is 8.12. The summed E-state index contributed by atoms with van der Waals surface area (Å²) in [4.78, 5) is 13.5. The Hall–Kier alpha value is -1.76. The number of nitrogens with one attached hydrogen (secondary N) is 1. The Kier molecular flexibility index (Phi) is 4.17. The van der Waals surface area contributed by atoms with Crippen LogP contribution < -0.4 is 10.1 Å². The Balaban J connectivity index is 1.97. The number of anilines is 1. The number of sulfone groups is 1. The van der Waals surface area contributed by atoms with E-state index >= 15 is 0 Å². The van der Waals surface area contributed by atoms with Gasteiger partial charge in [-0.05, 0) is 30.7 Å². The van der Waals surface area contributed by atoms with E-state index in [9.17, 15) is 13.2 Å². The van der Waals surface area contributed by atoms with Crippen LogP contribution in [0.25, 0.3) is 0 Å². The van der Waals surface area contributed by atoms with Crippen molar-refractivity contribution in [1.82, 2.24) is 4.90 Å². The highest BCUT2D eigenvalue weighted by Gasteiger charge is 2.32. The molecular formula is C13H18N2O4S. The lowest BCUT2D eigenvalue weighted by Gasteiger charge is -2.23. The molecular weight excluding hydrogens is 280 g/mol. The number of carbonyl (C=O) groups excluding carboxylic acids is 1. The topological polar surface area (TPSA) is 75.7 Å². The van der Waals surface area contributed by atoms with Gasteiger partial charge in [-0.25, -0.2) is 13.2 Å². The van der Waals surface area contributed by atoms with Crippen molar-refractivity contribution in [1.29, 1.82) is 0 Å². The van der Waals surface area contributed by atoms with Crippen LogP contribution >= 0.6 is 0 Å². The van der Waals surface area contributed by atoms with Gasteiger partial charge in [0.25, 0.3) is 0 Å². The van der Waals surface area contributed by atoms with E-state index in [0.29, 0.717) is 17.9 Å². The van der Waals surface area contributed by atoms with Gasteiger partial charge in [0, 0.05) is 18.8 Å². The van der Waals surface area contributed by atoms with Crippen molar-refractivity contribution >= 4 is 21.6 Å². The van der Waals surface area contributed by atoms with E-state index in [4.69, 9.17) is 4.74 Å². The lowest BCUT2D eigenvalue weighted by atomic mass is 10.2. The van der Waals surface area contributed by atoms with Gasteiger partial charge in [-0.2, -0.15) is 0 Å². The monoisotopic (exact) mass is 298 g/mol. The first-order chi connectivity index (χ1) is 9.41. The van der Waals surface area contributed by atoms with Crippen LogP contribution in [-0.2, 0) is 9.84 Å². The summed E-state index contributed by atoms with van der Waals surface area (Å²) >= 11 is 0. The second-order valence-corrected chi connectivity index (χ2v) is 7.06. The third-order valence-corrected chi connectivity index (χ3v) is 5.17. The molecule has 1 unspecified atom stereocenters. The highest BCUT2D eigenvalue weighted by Crippen LogP contribution is 2.19. The molecule has 0 aromatic heterocycles. The fourth-order valence-electron chi connectivity index (χ4n) is 2.13. The summed E-state index contributed by atoms with van der Waals surface area (Å²) in [6.07, 6.45) is 0.495. The fourth-order valence-corrected chi connectivity index (χ4v) is 3.91. The third-order valence-electron chi connectivity index (χ3n) is 3.42. The number of hydrogen-bond acceptors (Lipinski definition) is 4. The molecule has 0 aliphatic carbocycles. The molecule has 1 atom stereocenters. The Labute approximate surface area is 118 Å². The zero-order valence-electron chi connectivity index (χ0n) is 11.5. The van der Waals surface area contributed by atoms with Crippen LogP contribution in [0.4, 0.5) is 10.5 Å². The molecule has 7 heteroatoms. The number of carbonyl (C=O) groups is 1. The first kappa shape index (κ1) is 14.6. The quantitative estimate of drug-likeness (QED) is 0.914. The van der Waals surface area contributed by atoms with Crippen LogP contribution in [0.1, 0.15) is 6.42 Å². The van der Waals surface area contributed by atoms with Crippen molar-refractivity contribution < 1.29 is 17.9 Å². The number of urea groups is 1. The van der Waals surface area contributed by atoms with Crippen molar-refractivity contribution in [3.05, 3.63) is 24.3 Å². The lowest BCUT2D eigenvalue weighted by molar-refractivity contribution is 0.209. The van der Waals surface area contributed by atoms with Gasteiger partial charge in [0.2, 0.25) is 0 Å². The van der Waals surface area contributed by atoms with E-state index in [1.54, 1.807) is 38.4 Å². The number of amides is 2. The molecule has 0 radical (unpaired) electrons. The Morgan fingerprint density at radius 2 is 2.00 bits per heavy atom. The Morgan fingerprint density at radius 3 is 2.50 bits per heavy atom. The van der Waals surface area contributed by atoms with E-state index in [1.807, 2.05) is 0 Å². The normalized spacial score (nSPS) is 20.4. The van der Waals surface area contributed by atoms with Crippen molar-refractivity contribution in [3.63, 3.8) is 0 Å². The fraction of sp³-hybridized carbons (Fsp3) is 0.462. The second-order valence-electron chi connectivity index (χ2n) is 4.83. The number of methoxy groups -OCH3 is 1. The molecule has 110 valence electrons. The van der Waals surface area contributed by atoms with Crippen LogP contribution in [0.15, 0.2) is 24.3 Å². The summed E-state index contributed by atoms with van der Waals surface area (Å²) in [5.41, 5.74) is 0.642. The molecule has 1 heterocycles. The van der Waals surface area contributed by atoms with E-state index in [0.717, 1.165) is 0 Å². The third kappa shape index (κ3) is 3.41. The predicted octanol–water partition coefficient (Wildman–Crippen LogP) is 1.35. The molecule has 0 bridgehead atoms. The minimum absolute atomic E-state index is 0.0412. The van der Waals surface area contributed by atoms with Crippen molar-refractivity contribution in [2.75, 3.05) is 31.0 Å². The average molecular weight is 298 g/mol. The zero-order chi connectivity index (χ0) is 14.8. The maximum atomic E-state index is 12.1. The van der Waals surface area contributed by atoms with Crippen molar-refractivity contribution in [2.45, 2.75) is 12.5 Å². The van der Waals surface area contributed by atoms with Crippen LogP contribution in [0.3, 0.4) is 0 Å². The number of hydrogen-bond donors (Lipinski definition) is 1. The highest BCUT2D eigenvalue weighted by atomic mass is 32.2. The lowest BCUT2D eigenvalue weighted by Crippen LogP contribution is -2.40. The molecule has 1 aromatic rings. The summed E-state index contributed by atoms with van der Waals surface area (Å²) < 4.78 is 27.9. The minimum Gasteiger partial charge on any atom is -0.497 e. The smallest absolute Gasteiger partial charge is 0.321 e. The maximum absolute atomic E-state index is 12.1. The molecule has 1 fully saturated rings. The van der Waals surface area contributed by atoms with Crippen LogP contribution in [-0.4, -0.2) is 51.1 Å². The van der Waals surface area contributed by atoms with Gasteiger partial charge in [0.1, 0.15) is 5.75 Å². The van der Waals surface area contributed by atoms with Crippen LogP contribution in [0.2, 0.25) is 0 Å². The average Bonchev–Trinajstić information content (AvgIpc) is 2.79. The van der Waals surface area contributed by atoms with Gasteiger partial charge in [0.15, 0.2) is 9.84 Å². The summed E-state index contributed by atoms with van der Waals surface area (Å²) in [5.74, 6) is 0.899. The largest absolute Gasteiger partial charge is 0.497 e. The van der Waals surface area contributed by atoms with E-state index in [1.165, 1.54) is 4.90 Å². The molecule has 1 aliphatic rings. The molecule has 0 saturated carbocycles. The van der Waals surface area contributed by atoms with Crippen molar-refractivity contribution in [3.8, 4) is 5.75 Å². The first-order valence-electron chi connectivity index (χ1n) is 6.29. The molecule has 0 spiro atoms. The summed E-state index contributed by atoms with van der Waals surface area (Å²) in [7, 11) is 0.193. The Bertz CT molecular complexity index is 583. The molecule has 2 amide bonds. The Morgan fingerprint density at radius 1 is 1.35 bits per heavy atom. The molecule has 1 aliphatic heterocycles. The molecule has 1 N–H and O–H groups in total. The van der Waals surface area contributed by atoms with Gasteiger partial charge in [0.05, 0.1) is 18.6 Å². The van der Waals surface area contributed by atoms with Crippen molar-refractivity contribution in [2.24, 2.45) is 0 Å². The number of nitrogens with zero attached hydrogens (tertiary/aromatic N) is 1. The molecule has 2 rings (SSSR count). The van der Waals surface area contributed by atoms with Gasteiger partial charge >= 0.3 is 6.03 Å². The second kappa shape index (κ2) is 5.70. The minimum atomic E-state index is -2.99. The van der Waals surface area contributed by atoms with E-state index < -0.39 is 9.84 Å². The van der Waals surface area contributed by atoms with E-state index in [2.05, 4.69) is 5.32 Å². The van der Waals surface area contributed by atoms with E-state index in [-0.39, 0.29) is 23.6 Å². The molecule has 20 heavy (non-hydrogen) atoms. The number of rotatable bonds is 3. The maximum Gasteiger partial charge on any atom is 0.321 e. The predicted molar refractivity (Wildman–Crippen MR) is 76.8 cm³/mol. The number of benzene rings is 1. The van der Waals surface area contributed by atoms with Gasteiger partial charge in [-0.15, -0.1) is 0 Å². The molecule has 6 nitrogen and oxygen atoms in total. The highest BCUT2D eigenvalue weighted by molar-refractivity contribution is 7.91.